The molecule has 0 amide bonds. The first-order chi connectivity index (χ1) is 9.22. The van der Waals surface area contributed by atoms with Gasteiger partial charge in [0.1, 0.15) is 0 Å². The Balaban J connectivity index is 1.82. The van der Waals surface area contributed by atoms with Crippen LogP contribution in [-0.2, 0) is 6.54 Å². The van der Waals surface area contributed by atoms with Crippen LogP contribution in [0, 0.1) is 6.92 Å². The maximum absolute atomic E-state index is 5.97. The van der Waals surface area contributed by atoms with Gasteiger partial charge in [-0.1, -0.05) is 17.7 Å². The molecule has 0 fully saturated rings. The van der Waals surface area contributed by atoms with Gasteiger partial charge in [-0.2, -0.15) is 0 Å². The molecule has 0 saturated carbocycles. The Morgan fingerprint density at radius 2 is 2.16 bits per heavy atom. The average Bonchev–Trinajstić information content (AvgIpc) is 2.78. The highest BCUT2D eigenvalue weighted by Crippen LogP contribution is 2.22. The third kappa shape index (κ3) is 2.56. The van der Waals surface area contributed by atoms with Crippen molar-refractivity contribution in [1.82, 2.24) is 9.97 Å². The Hall–Kier alpha value is -2.00. The largest absolute Gasteiger partial charge is 0.380 e. The number of H-pyrrole nitrogens is 1. The first-order valence-corrected chi connectivity index (χ1v) is 6.51. The van der Waals surface area contributed by atoms with Gasteiger partial charge in [-0.15, -0.1) is 0 Å². The first-order valence-electron chi connectivity index (χ1n) is 6.13. The van der Waals surface area contributed by atoms with Crippen LogP contribution in [0.5, 0.6) is 0 Å². The van der Waals surface area contributed by atoms with Gasteiger partial charge in [-0.05, 0) is 36.2 Å². The quantitative estimate of drug-likeness (QED) is 0.752. The van der Waals surface area contributed by atoms with Crippen molar-refractivity contribution in [2.45, 2.75) is 13.5 Å². The van der Waals surface area contributed by atoms with Crippen LogP contribution in [0.1, 0.15) is 11.1 Å². The van der Waals surface area contributed by atoms with E-state index in [9.17, 15) is 0 Å². The Morgan fingerprint density at radius 3 is 3.00 bits per heavy atom. The number of pyridine rings is 1. The number of benzene rings is 1. The normalized spacial score (nSPS) is 10.8. The van der Waals surface area contributed by atoms with Crippen molar-refractivity contribution in [2.24, 2.45) is 0 Å². The van der Waals surface area contributed by atoms with E-state index in [1.165, 1.54) is 10.9 Å². The summed E-state index contributed by atoms with van der Waals surface area (Å²) in [5.41, 5.74) is 4.46. The number of fused-ring (bicyclic) bond motifs is 1. The fraction of sp³-hybridized carbons (Fsp3) is 0.133. The second-order valence-electron chi connectivity index (χ2n) is 4.61. The highest BCUT2D eigenvalue weighted by Gasteiger charge is 2.04. The highest BCUT2D eigenvalue weighted by atomic mass is 35.5. The SMILES string of the molecule is Cc1cncc(NCc2c[nH]c3cc(Cl)ccc23)c1. The Morgan fingerprint density at radius 1 is 1.26 bits per heavy atom. The molecular formula is C15H14ClN3. The van der Waals surface area contributed by atoms with Gasteiger partial charge in [0, 0.05) is 41.1 Å². The fourth-order valence-electron chi connectivity index (χ4n) is 2.15. The van der Waals surface area contributed by atoms with Crippen molar-refractivity contribution < 1.29 is 0 Å². The second kappa shape index (κ2) is 4.94. The summed E-state index contributed by atoms with van der Waals surface area (Å²) in [5, 5.41) is 5.32. The molecule has 0 aliphatic carbocycles. The van der Waals surface area contributed by atoms with Crippen LogP contribution >= 0.6 is 11.6 Å². The zero-order valence-corrected chi connectivity index (χ0v) is 11.3. The molecule has 4 heteroatoms. The predicted molar refractivity (Wildman–Crippen MR) is 79.6 cm³/mol. The molecular weight excluding hydrogens is 258 g/mol. The fourth-order valence-corrected chi connectivity index (χ4v) is 2.33. The van der Waals surface area contributed by atoms with E-state index in [-0.39, 0.29) is 0 Å². The summed E-state index contributed by atoms with van der Waals surface area (Å²) in [6.07, 6.45) is 5.69. The minimum absolute atomic E-state index is 0.747. The van der Waals surface area contributed by atoms with Gasteiger partial charge in [0.25, 0.3) is 0 Å². The standard InChI is InChI=1S/C15H14ClN3/c1-10-4-13(9-17-6-10)18-7-11-8-19-15-5-12(16)2-3-14(11)15/h2-6,8-9,18-19H,7H2,1H3. The van der Waals surface area contributed by atoms with Crippen LogP contribution in [-0.4, -0.2) is 9.97 Å². The summed E-state index contributed by atoms with van der Waals surface area (Å²) in [7, 11) is 0. The predicted octanol–water partition coefficient (Wildman–Crippen LogP) is 4.14. The number of halogens is 1. The molecule has 0 aliphatic heterocycles. The molecule has 2 N–H and O–H groups in total. The van der Waals surface area contributed by atoms with Crippen molar-refractivity contribution in [3.05, 3.63) is 59.0 Å². The van der Waals surface area contributed by atoms with Gasteiger partial charge in [-0.3, -0.25) is 4.98 Å². The topological polar surface area (TPSA) is 40.7 Å². The molecule has 2 heterocycles. The molecule has 2 aromatic heterocycles. The Kier molecular flexibility index (Phi) is 3.13. The van der Waals surface area contributed by atoms with Gasteiger partial charge in [0.05, 0.1) is 5.69 Å². The van der Waals surface area contributed by atoms with Crippen LogP contribution in [0.15, 0.2) is 42.9 Å². The van der Waals surface area contributed by atoms with E-state index in [4.69, 9.17) is 11.6 Å². The molecule has 3 rings (SSSR count). The minimum Gasteiger partial charge on any atom is -0.380 e. The molecule has 0 radical (unpaired) electrons. The van der Waals surface area contributed by atoms with Gasteiger partial charge in [-0.25, -0.2) is 0 Å². The monoisotopic (exact) mass is 271 g/mol. The van der Waals surface area contributed by atoms with E-state index in [1.807, 2.05) is 43.7 Å². The number of anilines is 1. The van der Waals surface area contributed by atoms with E-state index < -0.39 is 0 Å². The molecule has 0 saturated heterocycles. The molecule has 1 aromatic carbocycles. The van der Waals surface area contributed by atoms with Crippen molar-refractivity contribution in [3.63, 3.8) is 0 Å². The summed E-state index contributed by atoms with van der Waals surface area (Å²) >= 11 is 5.97. The summed E-state index contributed by atoms with van der Waals surface area (Å²) in [4.78, 5) is 7.41. The number of aromatic nitrogens is 2. The van der Waals surface area contributed by atoms with Gasteiger partial charge in [0.2, 0.25) is 0 Å². The van der Waals surface area contributed by atoms with Crippen molar-refractivity contribution in [3.8, 4) is 0 Å². The van der Waals surface area contributed by atoms with E-state index in [1.54, 1.807) is 0 Å². The number of nitrogens with one attached hydrogen (secondary N) is 2. The maximum atomic E-state index is 5.97. The molecule has 96 valence electrons. The second-order valence-corrected chi connectivity index (χ2v) is 5.04. The van der Waals surface area contributed by atoms with E-state index in [2.05, 4.69) is 21.4 Å². The summed E-state index contributed by atoms with van der Waals surface area (Å²) < 4.78 is 0. The first kappa shape index (κ1) is 12.1. The third-order valence-corrected chi connectivity index (χ3v) is 3.32. The van der Waals surface area contributed by atoms with Gasteiger partial charge in [0.15, 0.2) is 0 Å². The third-order valence-electron chi connectivity index (χ3n) is 3.09. The van der Waals surface area contributed by atoms with Crippen LogP contribution in [0.4, 0.5) is 5.69 Å². The van der Waals surface area contributed by atoms with Crippen LogP contribution in [0.25, 0.3) is 10.9 Å². The van der Waals surface area contributed by atoms with E-state index in [0.717, 1.165) is 28.3 Å². The number of rotatable bonds is 3. The summed E-state index contributed by atoms with van der Waals surface area (Å²) in [5.74, 6) is 0. The van der Waals surface area contributed by atoms with Crippen LogP contribution in [0.2, 0.25) is 5.02 Å². The molecule has 0 aliphatic rings. The van der Waals surface area contributed by atoms with Crippen molar-refractivity contribution in [1.29, 1.82) is 0 Å². The lowest BCUT2D eigenvalue weighted by Crippen LogP contribution is -1.99. The lowest BCUT2D eigenvalue weighted by molar-refractivity contribution is 1.14. The summed E-state index contributed by atoms with van der Waals surface area (Å²) in [6.45, 7) is 2.79. The van der Waals surface area contributed by atoms with E-state index >= 15 is 0 Å². The zero-order chi connectivity index (χ0) is 13.2. The molecule has 3 nitrogen and oxygen atoms in total. The Labute approximate surface area is 116 Å². The van der Waals surface area contributed by atoms with Crippen molar-refractivity contribution >= 4 is 28.2 Å². The van der Waals surface area contributed by atoms with Crippen LogP contribution in [0.3, 0.4) is 0 Å². The number of nitrogens with zero attached hydrogens (tertiary/aromatic N) is 1. The minimum atomic E-state index is 0.747. The van der Waals surface area contributed by atoms with Crippen molar-refractivity contribution in [2.75, 3.05) is 5.32 Å². The average molecular weight is 272 g/mol. The molecule has 3 aromatic rings. The number of hydrogen-bond donors (Lipinski definition) is 2. The number of aromatic amines is 1. The lowest BCUT2D eigenvalue weighted by Gasteiger charge is -2.05. The molecule has 0 unspecified atom stereocenters. The smallest absolute Gasteiger partial charge is 0.0532 e. The molecule has 0 atom stereocenters. The highest BCUT2D eigenvalue weighted by molar-refractivity contribution is 6.31. The van der Waals surface area contributed by atoms with Crippen LogP contribution < -0.4 is 5.32 Å². The molecule has 0 bridgehead atoms. The lowest BCUT2D eigenvalue weighted by atomic mass is 10.2. The van der Waals surface area contributed by atoms with Gasteiger partial charge < -0.3 is 10.3 Å². The van der Waals surface area contributed by atoms with Gasteiger partial charge >= 0.3 is 0 Å². The number of hydrogen-bond acceptors (Lipinski definition) is 2. The van der Waals surface area contributed by atoms with E-state index in [0.29, 0.717) is 0 Å². The molecule has 0 spiro atoms. The number of aryl methyl sites for hydroxylation is 1. The Bertz CT molecular complexity index is 718. The maximum Gasteiger partial charge on any atom is 0.0532 e. The molecule has 19 heavy (non-hydrogen) atoms. The summed E-state index contributed by atoms with van der Waals surface area (Å²) in [6, 6.07) is 7.97. The zero-order valence-electron chi connectivity index (χ0n) is 10.6.